The third-order valence-electron chi connectivity index (χ3n) is 4.89. The summed E-state index contributed by atoms with van der Waals surface area (Å²) in [6.07, 6.45) is 5.76. The third-order valence-corrected chi connectivity index (χ3v) is 4.89. The maximum Gasteiger partial charge on any atom is 0.254 e. The number of para-hydroxylation sites is 1. The van der Waals surface area contributed by atoms with E-state index in [-0.39, 0.29) is 5.91 Å². The molecule has 134 valence electrons. The molecule has 0 radical (unpaired) electrons. The van der Waals surface area contributed by atoms with E-state index in [4.69, 9.17) is 0 Å². The van der Waals surface area contributed by atoms with E-state index in [0.717, 1.165) is 29.6 Å². The van der Waals surface area contributed by atoms with Gasteiger partial charge in [-0.05, 0) is 24.6 Å². The minimum Gasteiger partial charge on any atom is -0.368 e. The lowest BCUT2D eigenvalue weighted by atomic mass is 10.1. The van der Waals surface area contributed by atoms with Crippen LogP contribution >= 0.6 is 0 Å². The lowest BCUT2D eigenvalue weighted by Crippen LogP contribution is -2.35. The highest BCUT2D eigenvalue weighted by Crippen LogP contribution is 2.30. The Bertz CT molecular complexity index is 1010. The first kappa shape index (κ1) is 17.0. The number of nitriles is 1. The first-order valence-electron chi connectivity index (χ1n) is 9.00. The van der Waals surface area contributed by atoms with Crippen LogP contribution in [0.25, 0.3) is 10.9 Å². The molecule has 27 heavy (non-hydrogen) atoms. The Balaban J connectivity index is 1.62. The summed E-state index contributed by atoms with van der Waals surface area (Å²) in [5, 5.41) is 10.6. The second kappa shape index (κ2) is 7.42. The zero-order chi connectivity index (χ0) is 18.6. The molecule has 0 aliphatic carbocycles. The number of nitrogens with zero attached hydrogens (tertiary/aromatic N) is 5. The van der Waals surface area contributed by atoms with Gasteiger partial charge in [0.25, 0.3) is 5.91 Å². The van der Waals surface area contributed by atoms with Crippen molar-refractivity contribution in [2.75, 3.05) is 31.1 Å². The molecule has 3 aromatic rings. The fourth-order valence-corrected chi connectivity index (χ4v) is 3.57. The van der Waals surface area contributed by atoms with Gasteiger partial charge in [0.2, 0.25) is 0 Å². The first-order chi connectivity index (χ1) is 13.3. The molecule has 1 aliphatic heterocycles. The molecule has 0 saturated carbocycles. The molecule has 1 aromatic carbocycles. The van der Waals surface area contributed by atoms with Crippen LogP contribution in [-0.4, -0.2) is 47.0 Å². The number of pyridine rings is 2. The molecule has 4 rings (SSSR count). The van der Waals surface area contributed by atoms with Crippen LogP contribution in [0.5, 0.6) is 0 Å². The van der Waals surface area contributed by atoms with E-state index in [2.05, 4.69) is 20.9 Å². The standard InChI is InChI=1S/C21H19N5O/c22-14-17-15-24-19-5-2-1-4-18(19)20(17)25-10-3-11-26(13-12-25)21(27)16-6-8-23-9-7-16/h1-2,4-9,15H,3,10-13H2. The van der Waals surface area contributed by atoms with E-state index in [9.17, 15) is 10.1 Å². The van der Waals surface area contributed by atoms with Crippen LogP contribution in [0.1, 0.15) is 22.3 Å². The molecule has 6 heteroatoms. The van der Waals surface area contributed by atoms with Gasteiger partial charge in [-0.2, -0.15) is 5.26 Å². The fourth-order valence-electron chi connectivity index (χ4n) is 3.57. The van der Waals surface area contributed by atoms with E-state index >= 15 is 0 Å². The van der Waals surface area contributed by atoms with Crippen LogP contribution in [0.15, 0.2) is 55.0 Å². The number of hydrogen-bond acceptors (Lipinski definition) is 5. The van der Waals surface area contributed by atoms with Crippen molar-refractivity contribution in [3.05, 3.63) is 66.1 Å². The molecule has 0 bridgehead atoms. The molecular formula is C21H19N5O. The summed E-state index contributed by atoms with van der Waals surface area (Å²) in [7, 11) is 0. The van der Waals surface area contributed by atoms with Crippen molar-refractivity contribution >= 4 is 22.5 Å². The minimum absolute atomic E-state index is 0.0272. The topological polar surface area (TPSA) is 73.1 Å². The van der Waals surface area contributed by atoms with Crippen molar-refractivity contribution in [1.29, 1.82) is 5.26 Å². The van der Waals surface area contributed by atoms with Crippen molar-refractivity contribution in [3.63, 3.8) is 0 Å². The smallest absolute Gasteiger partial charge is 0.254 e. The molecule has 6 nitrogen and oxygen atoms in total. The Morgan fingerprint density at radius 1 is 1.04 bits per heavy atom. The van der Waals surface area contributed by atoms with Crippen molar-refractivity contribution in [1.82, 2.24) is 14.9 Å². The largest absolute Gasteiger partial charge is 0.368 e. The molecule has 1 fully saturated rings. The lowest BCUT2D eigenvalue weighted by Gasteiger charge is -2.25. The van der Waals surface area contributed by atoms with Gasteiger partial charge in [0.15, 0.2) is 0 Å². The highest BCUT2D eigenvalue weighted by Gasteiger charge is 2.23. The van der Waals surface area contributed by atoms with Crippen LogP contribution in [-0.2, 0) is 0 Å². The number of carbonyl (C=O) groups is 1. The van der Waals surface area contributed by atoms with Gasteiger partial charge in [0.1, 0.15) is 6.07 Å². The minimum atomic E-state index is 0.0272. The van der Waals surface area contributed by atoms with Crippen LogP contribution in [0.4, 0.5) is 5.69 Å². The number of hydrogen-bond donors (Lipinski definition) is 0. The Labute approximate surface area is 157 Å². The summed E-state index contributed by atoms with van der Waals surface area (Å²) >= 11 is 0. The van der Waals surface area contributed by atoms with Crippen molar-refractivity contribution in [2.24, 2.45) is 0 Å². The van der Waals surface area contributed by atoms with Gasteiger partial charge in [0.05, 0.1) is 16.8 Å². The number of fused-ring (bicyclic) bond motifs is 1. The Morgan fingerprint density at radius 2 is 1.85 bits per heavy atom. The monoisotopic (exact) mass is 357 g/mol. The average molecular weight is 357 g/mol. The predicted octanol–water partition coefficient (Wildman–Crippen LogP) is 2.85. The zero-order valence-electron chi connectivity index (χ0n) is 14.9. The summed E-state index contributed by atoms with van der Waals surface area (Å²) < 4.78 is 0. The van der Waals surface area contributed by atoms with Crippen molar-refractivity contribution in [3.8, 4) is 6.07 Å². The maximum atomic E-state index is 12.7. The number of carbonyl (C=O) groups excluding carboxylic acids is 1. The van der Waals surface area contributed by atoms with Crippen molar-refractivity contribution in [2.45, 2.75) is 6.42 Å². The molecule has 0 spiro atoms. The normalized spacial score (nSPS) is 14.6. The van der Waals surface area contributed by atoms with Gasteiger partial charge in [0, 0.05) is 55.7 Å². The molecule has 3 heterocycles. The Hall–Kier alpha value is -3.46. The third kappa shape index (κ3) is 3.32. The van der Waals surface area contributed by atoms with E-state index < -0.39 is 0 Å². The number of rotatable bonds is 2. The van der Waals surface area contributed by atoms with Gasteiger partial charge >= 0.3 is 0 Å². The van der Waals surface area contributed by atoms with E-state index in [0.29, 0.717) is 30.8 Å². The molecule has 0 unspecified atom stereocenters. The van der Waals surface area contributed by atoms with Crippen LogP contribution in [0.2, 0.25) is 0 Å². The highest BCUT2D eigenvalue weighted by atomic mass is 16.2. The van der Waals surface area contributed by atoms with Crippen LogP contribution < -0.4 is 4.90 Å². The first-order valence-corrected chi connectivity index (χ1v) is 9.00. The fraction of sp³-hybridized carbons (Fsp3) is 0.238. The van der Waals surface area contributed by atoms with E-state index in [1.54, 1.807) is 30.7 Å². The molecular weight excluding hydrogens is 338 g/mol. The van der Waals surface area contributed by atoms with E-state index in [1.165, 1.54) is 0 Å². The second-order valence-corrected chi connectivity index (χ2v) is 6.52. The van der Waals surface area contributed by atoms with Gasteiger partial charge in [-0.3, -0.25) is 14.8 Å². The predicted molar refractivity (Wildman–Crippen MR) is 103 cm³/mol. The lowest BCUT2D eigenvalue weighted by molar-refractivity contribution is 0.0767. The summed E-state index contributed by atoms with van der Waals surface area (Å²) in [6, 6.07) is 13.6. The summed E-state index contributed by atoms with van der Waals surface area (Å²) in [6.45, 7) is 2.79. The second-order valence-electron chi connectivity index (χ2n) is 6.52. The van der Waals surface area contributed by atoms with Crippen LogP contribution in [0, 0.1) is 11.3 Å². The molecule has 1 amide bonds. The zero-order valence-corrected chi connectivity index (χ0v) is 14.9. The number of amides is 1. The number of anilines is 1. The SMILES string of the molecule is N#Cc1cnc2ccccc2c1N1CCCN(C(=O)c2ccncc2)CC1. The summed E-state index contributed by atoms with van der Waals surface area (Å²) in [4.78, 5) is 25.2. The molecule has 1 aliphatic rings. The Kier molecular flexibility index (Phi) is 4.67. The van der Waals surface area contributed by atoms with E-state index in [1.807, 2.05) is 29.2 Å². The van der Waals surface area contributed by atoms with Gasteiger partial charge in [-0.1, -0.05) is 18.2 Å². The van der Waals surface area contributed by atoms with Gasteiger partial charge < -0.3 is 9.80 Å². The summed E-state index contributed by atoms with van der Waals surface area (Å²) in [5.74, 6) is 0.0272. The average Bonchev–Trinajstić information content (AvgIpc) is 2.99. The highest BCUT2D eigenvalue weighted by molar-refractivity contribution is 5.95. The molecule has 1 saturated heterocycles. The maximum absolute atomic E-state index is 12.7. The molecule has 0 N–H and O–H groups in total. The quantitative estimate of drug-likeness (QED) is 0.705. The summed E-state index contributed by atoms with van der Waals surface area (Å²) in [5.41, 5.74) is 3.02. The van der Waals surface area contributed by atoms with Crippen LogP contribution in [0.3, 0.4) is 0 Å². The van der Waals surface area contributed by atoms with Gasteiger partial charge in [-0.15, -0.1) is 0 Å². The van der Waals surface area contributed by atoms with Gasteiger partial charge in [-0.25, -0.2) is 0 Å². The Morgan fingerprint density at radius 3 is 2.67 bits per heavy atom. The van der Waals surface area contributed by atoms with Crippen molar-refractivity contribution < 1.29 is 4.79 Å². The number of benzene rings is 1. The number of aromatic nitrogens is 2. The molecule has 0 atom stereocenters. The molecule has 2 aromatic heterocycles.